The van der Waals surface area contributed by atoms with E-state index in [9.17, 15) is 14.7 Å². The number of ether oxygens (including phenoxy) is 2. The molecular weight excluding hydrogens is 608 g/mol. The Kier molecular flexibility index (Phi) is 40.4. The molecule has 0 radical (unpaired) electrons. The molecule has 0 aromatic rings. The Morgan fingerprint density at radius 3 is 0.898 bits per heavy atom. The van der Waals surface area contributed by atoms with Crippen molar-refractivity contribution in [3.63, 3.8) is 0 Å². The molecule has 0 amide bonds. The Morgan fingerprint density at radius 1 is 0.388 bits per heavy atom. The van der Waals surface area contributed by atoms with E-state index in [0.29, 0.717) is 12.8 Å². The van der Waals surface area contributed by atoms with E-state index in [2.05, 4.69) is 13.8 Å². The zero-order valence-electron chi connectivity index (χ0n) is 33.2. The Balaban J connectivity index is 3.40. The van der Waals surface area contributed by atoms with E-state index in [1.807, 2.05) is 0 Å². The Labute approximate surface area is 306 Å². The van der Waals surface area contributed by atoms with Gasteiger partial charge in [0.1, 0.15) is 6.61 Å². The summed E-state index contributed by atoms with van der Waals surface area (Å²) in [5.41, 5.74) is 0. The van der Waals surface area contributed by atoms with Crippen LogP contribution < -0.4 is 0 Å². The Bertz CT molecular complexity index is 666. The average Bonchev–Trinajstić information content (AvgIpc) is 3.10. The van der Waals surface area contributed by atoms with Crippen molar-refractivity contribution in [2.24, 2.45) is 0 Å². The fourth-order valence-corrected chi connectivity index (χ4v) is 6.79. The van der Waals surface area contributed by atoms with Crippen molar-refractivity contribution < 1.29 is 24.2 Å². The number of rotatable bonds is 41. The number of aliphatic hydroxyl groups is 1. The molecule has 0 aromatic heterocycles. The first kappa shape index (κ1) is 47.9. The topological polar surface area (TPSA) is 72.8 Å². The zero-order valence-corrected chi connectivity index (χ0v) is 33.2. The van der Waals surface area contributed by atoms with E-state index in [1.165, 1.54) is 186 Å². The van der Waals surface area contributed by atoms with Gasteiger partial charge in [0.05, 0.1) is 6.61 Å². The number of hydrogen-bond donors (Lipinski definition) is 1. The minimum absolute atomic E-state index is 0.0572. The molecule has 1 N–H and O–H groups in total. The highest BCUT2D eigenvalue weighted by atomic mass is 16.6. The van der Waals surface area contributed by atoms with Crippen LogP contribution in [0.1, 0.15) is 251 Å². The van der Waals surface area contributed by atoms with Crippen LogP contribution in [0.4, 0.5) is 0 Å². The van der Waals surface area contributed by atoms with Gasteiger partial charge in [-0.2, -0.15) is 0 Å². The highest BCUT2D eigenvalue weighted by Gasteiger charge is 2.16. The van der Waals surface area contributed by atoms with Gasteiger partial charge in [0.15, 0.2) is 6.10 Å². The molecule has 0 saturated heterocycles. The molecule has 49 heavy (non-hydrogen) atoms. The molecule has 5 heteroatoms. The average molecular weight is 695 g/mol. The molecule has 0 rings (SSSR count). The molecule has 0 bridgehead atoms. The van der Waals surface area contributed by atoms with Gasteiger partial charge in [-0.25, -0.2) is 0 Å². The van der Waals surface area contributed by atoms with Crippen molar-refractivity contribution in [3.8, 4) is 0 Å². The Hall–Kier alpha value is -1.10. The first-order chi connectivity index (χ1) is 24.1. The quantitative estimate of drug-likeness (QED) is 0.0509. The highest BCUT2D eigenvalue weighted by Crippen LogP contribution is 2.17. The maximum atomic E-state index is 12.2. The summed E-state index contributed by atoms with van der Waals surface area (Å²) >= 11 is 0. The molecular formula is C44H86O5. The predicted octanol–water partition coefficient (Wildman–Crippen LogP) is 13.9. The first-order valence-corrected chi connectivity index (χ1v) is 22.1. The van der Waals surface area contributed by atoms with Gasteiger partial charge in [-0.3, -0.25) is 9.59 Å². The maximum Gasteiger partial charge on any atom is 0.306 e. The standard InChI is InChI=1S/C44H86O5/c1-3-5-7-9-11-13-15-16-17-18-19-20-21-22-23-24-25-26-27-28-29-31-33-35-37-39-44(47)49-42(40-45)41-48-43(46)38-36-34-32-30-14-12-10-8-6-4-2/h42,45H,3-41H2,1-2H3. The molecule has 0 aliphatic rings. The summed E-state index contributed by atoms with van der Waals surface area (Å²) in [7, 11) is 0. The van der Waals surface area contributed by atoms with E-state index < -0.39 is 6.10 Å². The van der Waals surface area contributed by atoms with Crippen molar-refractivity contribution in [2.75, 3.05) is 13.2 Å². The lowest BCUT2D eigenvalue weighted by molar-refractivity contribution is -0.161. The lowest BCUT2D eigenvalue weighted by atomic mass is 10.0. The van der Waals surface area contributed by atoms with Gasteiger partial charge in [0.25, 0.3) is 0 Å². The van der Waals surface area contributed by atoms with Crippen LogP contribution in [-0.2, 0) is 19.1 Å². The molecule has 292 valence electrons. The molecule has 1 atom stereocenters. The zero-order chi connectivity index (χ0) is 35.7. The number of hydrogen-bond acceptors (Lipinski definition) is 5. The molecule has 0 heterocycles. The second-order valence-electron chi connectivity index (χ2n) is 15.1. The SMILES string of the molecule is CCCCCCCCCCCCCCCCCCCCCCCCCCCC(=O)OC(CO)COC(=O)CCCCCCCCCCCC. The molecule has 0 aliphatic heterocycles. The minimum Gasteiger partial charge on any atom is -0.462 e. The fraction of sp³-hybridized carbons (Fsp3) is 0.955. The molecule has 5 nitrogen and oxygen atoms in total. The molecule has 0 fully saturated rings. The van der Waals surface area contributed by atoms with Crippen LogP contribution >= 0.6 is 0 Å². The summed E-state index contributed by atoms with van der Waals surface area (Å²) in [6.45, 7) is 4.16. The van der Waals surface area contributed by atoms with Crippen LogP contribution in [0.3, 0.4) is 0 Å². The van der Waals surface area contributed by atoms with E-state index in [-0.39, 0.29) is 25.2 Å². The number of carbonyl (C=O) groups excluding carboxylic acids is 2. The number of esters is 2. The number of unbranched alkanes of at least 4 members (excludes halogenated alkanes) is 33. The normalized spacial score (nSPS) is 12.0. The largest absolute Gasteiger partial charge is 0.462 e. The van der Waals surface area contributed by atoms with E-state index in [1.54, 1.807) is 0 Å². The summed E-state index contributed by atoms with van der Waals surface area (Å²) < 4.78 is 10.6. The van der Waals surface area contributed by atoms with E-state index >= 15 is 0 Å². The van der Waals surface area contributed by atoms with Gasteiger partial charge < -0.3 is 14.6 Å². The number of carbonyl (C=O) groups is 2. The fourth-order valence-electron chi connectivity index (χ4n) is 6.79. The third-order valence-corrected chi connectivity index (χ3v) is 10.2. The maximum absolute atomic E-state index is 12.2. The van der Waals surface area contributed by atoms with E-state index in [0.717, 1.165) is 38.5 Å². The summed E-state index contributed by atoms with van der Waals surface area (Å²) in [6, 6.07) is 0. The minimum atomic E-state index is -0.761. The first-order valence-electron chi connectivity index (χ1n) is 22.1. The monoisotopic (exact) mass is 695 g/mol. The van der Waals surface area contributed by atoms with Gasteiger partial charge in [0.2, 0.25) is 0 Å². The third-order valence-electron chi connectivity index (χ3n) is 10.2. The van der Waals surface area contributed by atoms with Crippen molar-refractivity contribution >= 4 is 11.9 Å². The lowest BCUT2D eigenvalue weighted by Gasteiger charge is -2.15. The summed E-state index contributed by atoms with van der Waals surface area (Å²) in [5, 5.41) is 9.55. The third kappa shape index (κ3) is 39.5. The molecule has 0 aromatic carbocycles. The van der Waals surface area contributed by atoms with Gasteiger partial charge >= 0.3 is 11.9 Å². The van der Waals surface area contributed by atoms with Crippen LogP contribution in [0.5, 0.6) is 0 Å². The molecule has 0 saturated carbocycles. The molecule has 1 unspecified atom stereocenters. The smallest absolute Gasteiger partial charge is 0.306 e. The lowest BCUT2D eigenvalue weighted by Crippen LogP contribution is -2.28. The van der Waals surface area contributed by atoms with Gasteiger partial charge in [-0.1, -0.05) is 226 Å². The highest BCUT2D eigenvalue weighted by molar-refractivity contribution is 5.70. The van der Waals surface area contributed by atoms with E-state index in [4.69, 9.17) is 9.47 Å². The van der Waals surface area contributed by atoms with Gasteiger partial charge in [0, 0.05) is 12.8 Å². The predicted molar refractivity (Wildman–Crippen MR) is 210 cm³/mol. The second-order valence-corrected chi connectivity index (χ2v) is 15.1. The van der Waals surface area contributed by atoms with Gasteiger partial charge in [-0.15, -0.1) is 0 Å². The van der Waals surface area contributed by atoms with Crippen molar-refractivity contribution in [2.45, 2.75) is 258 Å². The van der Waals surface area contributed by atoms with Crippen LogP contribution in [0.2, 0.25) is 0 Å². The van der Waals surface area contributed by atoms with Crippen molar-refractivity contribution in [3.05, 3.63) is 0 Å². The second kappa shape index (κ2) is 41.3. The van der Waals surface area contributed by atoms with Crippen LogP contribution in [0.15, 0.2) is 0 Å². The van der Waals surface area contributed by atoms with Crippen LogP contribution in [0.25, 0.3) is 0 Å². The summed E-state index contributed by atoms with van der Waals surface area (Å²) in [6.07, 6.45) is 46.2. The summed E-state index contributed by atoms with van der Waals surface area (Å²) in [4.78, 5) is 24.2. The van der Waals surface area contributed by atoms with Crippen LogP contribution in [-0.4, -0.2) is 36.4 Å². The van der Waals surface area contributed by atoms with Crippen molar-refractivity contribution in [1.29, 1.82) is 0 Å². The number of aliphatic hydroxyl groups excluding tert-OH is 1. The van der Waals surface area contributed by atoms with Gasteiger partial charge in [-0.05, 0) is 12.8 Å². The van der Waals surface area contributed by atoms with Crippen molar-refractivity contribution in [1.82, 2.24) is 0 Å². The Morgan fingerprint density at radius 2 is 0.633 bits per heavy atom. The van der Waals surface area contributed by atoms with Crippen LogP contribution in [0, 0.1) is 0 Å². The summed E-state index contributed by atoms with van der Waals surface area (Å²) in [5.74, 6) is -0.576. The molecule has 0 aliphatic carbocycles. The molecule has 0 spiro atoms.